The van der Waals surface area contributed by atoms with E-state index in [0.717, 1.165) is 0 Å². The molecule has 8 heteroatoms. The molecule has 0 amide bonds. The van der Waals surface area contributed by atoms with Crippen molar-refractivity contribution in [2.75, 3.05) is 0 Å². The number of non-ortho nitro benzene ring substituents is 1. The number of rotatable bonds is 7. The van der Waals surface area contributed by atoms with Crippen LogP contribution in [0.1, 0.15) is 5.56 Å². The van der Waals surface area contributed by atoms with Gasteiger partial charge in [-0.2, -0.15) is 0 Å². The maximum atomic E-state index is 11.0. The molecule has 114 valence electrons. The van der Waals surface area contributed by atoms with Gasteiger partial charge in [0.2, 0.25) is 0 Å². The van der Waals surface area contributed by atoms with Gasteiger partial charge < -0.3 is 4.74 Å². The third-order valence-corrected chi connectivity index (χ3v) is 2.81. The second-order valence-electron chi connectivity index (χ2n) is 4.37. The maximum absolute atomic E-state index is 11.0. The Morgan fingerprint density at radius 3 is 2.18 bits per heavy atom. The molecule has 0 saturated heterocycles. The van der Waals surface area contributed by atoms with E-state index in [-0.39, 0.29) is 12.2 Å². The van der Waals surface area contributed by atoms with Crippen LogP contribution in [0.5, 0.6) is 5.75 Å². The zero-order chi connectivity index (χ0) is 15.9. The van der Waals surface area contributed by atoms with Crippen molar-refractivity contribution in [3.63, 3.8) is 0 Å². The van der Waals surface area contributed by atoms with Crippen LogP contribution in [-0.4, -0.2) is 16.2 Å². The highest BCUT2D eigenvalue weighted by atomic mass is 16.7. The summed E-state index contributed by atoms with van der Waals surface area (Å²) >= 11 is 0. The van der Waals surface area contributed by atoms with Crippen molar-refractivity contribution in [3.05, 3.63) is 80.4 Å². The molecule has 1 N–H and O–H groups in total. The fourth-order valence-electron chi connectivity index (χ4n) is 1.73. The monoisotopic (exact) mass is 303 g/mol. The molecular formula is C14H13N3O5. The van der Waals surface area contributed by atoms with Gasteiger partial charge in [0.15, 0.2) is 0 Å². The molecule has 0 heterocycles. The van der Waals surface area contributed by atoms with E-state index in [4.69, 9.17) is 4.74 Å². The number of nitro benzene ring substituents is 1. The first-order chi connectivity index (χ1) is 10.6. The van der Waals surface area contributed by atoms with E-state index in [1.165, 1.54) is 24.3 Å². The number of nitrogens with one attached hydrogen (secondary N) is 1. The zero-order valence-corrected chi connectivity index (χ0v) is 11.4. The van der Waals surface area contributed by atoms with E-state index in [0.29, 0.717) is 11.3 Å². The largest absolute Gasteiger partial charge is 0.418 e. The van der Waals surface area contributed by atoms with Crippen molar-refractivity contribution in [1.29, 1.82) is 0 Å². The molecule has 0 spiro atoms. The van der Waals surface area contributed by atoms with Crippen molar-refractivity contribution < 1.29 is 14.6 Å². The van der Waals surface area contributed by atoms with Gasteiger partial charge in [-0.25, -0.2) is 5.32 Å². The molecule has 2 rings (SSSR count). The average Bonchev–Trinajstić information content (AvgIpc) is 2.52. The van der Waals surface area contributed by atoms with Crippen LogP contribution >= 0.6 is 0 Å². The highest BCUT2D eigenvalue weighted by molar-refractivity contribution is 5.32. The predicted molar refractivity (Wildman–Crippen MR) is 77.8 cm³/mol. The summed E-state index contributed by atoms with van der Waals surface area (Å²) in [6.45, 7) is 0.149. The molecule has 1 unspecified atom stereocenters. The Kier molecular flexibility index (Phi) is 4.99. The van der Waals surface area contributed by atoms with Crippen LogP contribution in [-0.2, 0) is 6.54 Å². The maximum Gasteiger partial charge on any atom is 0.417 e. The highest BCUT2D eigenvalue weighted by Gasteiger charge is 2.21. The van der Waals surface area contributed by atoms with Gasteiger partial charge in [-0.3, -0.25) is 20.2 Å². The van der Waals surface area contributed by atoms with Gasteiger partial charge in [0.05, 0.1) is 9.85 Å². The predicted octanol–water partition coefficient (Wildman–Crippen LogP) is 2.32. The number of nitro groups is 2. The van der Waals surface area contributed by atoms with E-state index < -0.39 is 16.2 Å². The van der Waals surface area contributed by atoms with Crippen molar-refractivity contribution in [1.82, 2.24) is 5.32 Å². The van der Waals surface area contributed by atoms with E-state index in [9.17, 15) is 20.2 Å². The number of nitrogens with zero attached hydrogens (tertiary/aromatic N) is 2. The molecule has 0 aliphatic rings. The molecule has 2 aromatic rings. The molecule has 0 fully saturated rings. The van der Waals surface area contributed by atoms with Gasteiger partial charge in [0.25, 0.3) is 5.69 Å². The first kappa shape index (κ1) is 15.4. The standard InChI is InChI=1S/C14H13N3O5/c18-16(19)12-8-6-11(7-9-12)10-15-14(17(20)21)22-13-4-2-1-3-5-13/h1-9,14-15H,10H2. The lowest BCUT2D eigenvalue weighted by Crippen LogP contribution is -2.40. The summed E-state index contributed by atoms with van der Waals surface area (Å²) in [5.74, 6) is 0.375. The minimum atomic E-state index is -1.41. The Morgan fingerprint density at radius 1 is 1.00 bits per heavy atom. The second kappa shape index (κ2) is 7.14. The van der Waals surface area contributed by atoms with Gasteiger partial charge in [-0.05, 0) is 17.7 Å². The number of hydrogen-bond donors (Lipinski definition) is 1. The smallest absolute Gasteiger partial charge is 0.417 e. The van der Waals surface area contributed by atoms with E-state index in [1.54, 1.807) is 30.3 Å². The van der Waals surface area contributed by atoms with Gasteiger partial charge >= 0.3 is 6.35 Å². The minimum Gasteiger partial charge on any atom is -0.418 e. The molecule has 22 heavy (non-hydrogen) atoms. The number of ether oxygens (including phenoxy) is 1. The van der Waals surface area contributed by atoms with E-state index in [1.807, 2.05) is 0 Å². The van der Waals surface area contributed by atoms with Crippen LogP contribution in [0.4, 0.5) is 5.69 Å². The summed E-state index contributed by atoms with van der Waals surface area (Å²) in [4.78, 5) is 20.5. The molecule has 8 nitrogen and oxygen atoms in total. The van der Waals surface area contributed by atoms with Crippen molar-refractivity contribution in [2.45, 2.75) is 12.9 Å². The second-order valence-corrected chi connectivity index (χ2v) is 4.37. The molecule has 2 aromatic carbocycles. The lowest BCUT2D eigenvalue weighted by Gasteiger charge is -2.13. The number of para-hydroxylation sites is 1. The topological polar surface area (TPSA) is 108 Å². The SMILES string of the molecule is O=[N+]([O-])c1ccc(CNC(Oc2ccccc2)[N+](=O)[O-])cc1. The molecular weight excluding hydrogens is 290 g/mol. The van der Waals surface area contributed by atoms with Crippen LogP contribution in [0.2, 0.25) is 0 Å². The van der Waals surface area contributed by atoms with Crippen molar-refractivity contribution >= 4 is 5.69 Å². The Labute approximate surface area is 125 Å². The molecule has 0 bridgehead atoms. The van der Waals surface area contributed by atoms with E-state index >= 15 is 0 Å². The quantitative estimate of drug-likeness (QED) is 0.478. The molecule has 0 radical (unpaired) electrons. The Hall–Kier alpha value is -3.00. The third kappa shape index (κ3) is 4.25. The normalized spacial score (nSPS) is 11.6. The van der Waals surface area contributed by atoms with Crippen LogP contribution in [0, 0.1) is 20.2 Å². The van der Waals surface area contributed by atoms with E-state index in [2.05, 4.69) is 5.32 Å². The summed E-state index contributed by atoms with van der Waals surface area (Å²) in [7, 11) is 0. The van der Waals surface area contributed by atoms with Crippen LogP contribution in [0.3, 0.4) is 0 Å². The Morgan fingerprint density at radius 2 is 1.64 bits per heavy atom. The van der Waals surface area contributed by atoms with Crippen LogP contribution in [0.15, 0.2) is 54.6 Å². The number of hydrogen-bond acceptors (Lipinski definition) is 6. The Bertz CT molecular complexity index is 645. The first-order valence-corrected chi connectivity index (χ1v) is 6.38. The molecule has 0 aliphatic heterocycles. The van der Waals surface area contributed by atoms with Crippen molar-refractivity contribution in [3.8, 4) is 5.75 Å². The number of benzene rings is 2. The summed E-state index contributed by atoms with van der Waals surface area (Å²) in [6.07, 6.45) is -1.41. The fraction of sp³-hybridized carbons (Fsp3) is 0.143. The molecule has 0 saturated carbocycles. The van der Waals surface area contributed by atoms with Gasteiger partial charge in [-0.1, -0.05) is 30.3 Å². The van der Waals surface area contributed by atoms with Crippen LogP contribution in [0.25, 0.3) is 0 Å². The zero-order valence-electron chi connectivity index (χ0n) is 11.4. The fourth-order valence-corrected chi connectivity index (χ4v) is 1.73. The third-order valence-electron chi connectivity index (χ3n) is 2.81. The van der Waals surface area contributed by atoms with Gasteiger partial charge in [0.1, 0.15) is 5.75 Å². The molecule has 0 aliphatic carbocycles. The lowest BCUT2D eigenvalue weighted by atomic mass is 10.2. The minimum absolute atomic E-state index is 0.0323. The van der Waals surface area contributed by atoms with Crippen LogP contribution < -0.4 is 10.1 Å². The summed E-state index contributed by atoms with van der Waals surface area (Å²) in [5.41, 5.74) is 0.643. The first-order valence-electron chi connectivity index (χ1n) is 6.38. The van der Waals surface area contributed by atoms with Gasteiger partial charge in [-0.15, -0.1) is 0 Å². The molecule has 0 aromatic heterocycles. The summed E-state index contributed by atoms with van der Waals surface area (Å²) < 4.78 is 5.24. The Balaban J connectivity index is 1.97. The summed E-state index contributed by atoms with van der Waals surface area (Å²) in [6, 6.07) is 14.2. The average molecular weight is 303 g/mol. The van der Waals surface area contributed by atoms with Gasteiger partial charge in [0, 0.05) is 18.7 Å². The molecule has 1 atom stereocenters. The lowest BCUT2D eigenvalue weighted by molar-refractivity contribution is -0.570. The van der Waals surface area contributed by atoms with Crippen molar-refractivity contribution in [2.24, 2.45) is 0 Å². The highest BCUT2D eigenvalue weighted by Crippen LogP contribution is 2.13. The summed E-state index contributed by atoms with van der Waals surface area (Å²) in [5, 5.41) is 24.2.